The van der Waals surface area contributed by atoms with Crippen LogP contribution >= 0.6 is 11.8 Å². The molecule has 1 aromatic heterocycles. The number of hydrogen-bond acceptors (Lipinski definition) is 9. The van der Waals surface area contributed by atoms with Gasteiger partial charge in [-0.1, -0.05) is 18.1 Å². The Morgan fingerprint density at radius 3 is 2.26 bits per heavy atom. The maximum Gasteiger partial charge on any atom is 0.248 e. The molecular formula is C29H36F6N4O6S. The number of carbonyl (C=O) groups is 1. The highest BCUT2D eigenvalue weighted by Crippen LogP contribution is 2.47. The zero-order chi connectivity index (χ0) is 33.6. The van der Waals surface area contributed by atoms with Crippen molar-refractivity contribution in [3.63, 3.8) is 0 Å². The molecule has 0 bridgehead atoms. The average molecular weight is 683 g/mol. The molecule has 2 aliphatic carbocycles. The van der Waals surface area contributed by atoms with Crippen LogP contribution in [0.2, 0.25) is 0 Å². The van der Waals surface area contributed by atoms with Crippen LogP contribution < -0.4 is 0 Å². The number of ether oxygens (including phenoxy) is 1. The molecule has 0 radical (unpaired) electrons. The molecule has 10 nitrogen and oxygen atoms in total. The lowest BCUT2D eigenvalue weighted by Crippen LogP contribution is -2.59. The Morgan fingerprint density at radius 1 is 1.07 bits per heavy atom. The molecule has 1 aliphatic heterocycles. The van der Waals surface area contributed by atoms with E-state index in [0.717, 1.165) is 15.8 Å². The molecular weight excluding hydrogens is 646 g/mol. The summed E-state index contributed by atoms with van der Waals surface area (Å²) in [4.78, 5) is 15.0. The fraction of sp³-hybridized carbons (Fsp3) is 0.690. The second-order valence-corrected chi connectivity index (χ2v) is 13.8. The van der Waals surface area contributed by atoms with Gasteiger partial charge in [0.1, 0.15) is 46.4 Å². The van der Waals surface area contributed by atoms with Crippen molar-refractivity contribution in [1.29, 1.82) is 0 Å². The molecule has 6 atom stereocenters. The Morgan fingerprint density at radius 2 is 1.67 bits per heavy atom. The van der Waals surface area contributed by atoms with Crippen LogP contribution in [0.15, 0.2) is 18.3 Å². The molecule has 3 fully saturated rings. The minimum Gasteiger partial charge on any atom is -0.394 e. The zero-order valence-electron chi connectivity index (χ0n) is 24.8. The normalized spacial score (nSPS) is 29.4. The molecule has 17 heteroatoms. The van der Waals surface area contributed by atoms with Gasteiger partial charge in [-0.25, -0.2) is 31.0 Å². The van der Waals surface area contributed by atoms with Crippen molar-refractivity contribution in [3.05, 3.63) is 35.8 Å². The first-order chi connectivity index (χ1) is 21.6. The molecule has 46 heavy (non-hydrogen) atoms. The van der Waals surface area contributed by atoms with E-state index in [0.29, 0.717) is 36.7 Å². The van der Waals surface area contributed by atoms with Gasteiger partial charge < -0.3 is 30.1 Å². The van der Waals surface area contributed by atoms with Gasteiger partial charge in [-0.05, 0) is 37.8 Å². The number of aliphatic hydroxyl groups is 4. The number of aliphatic hydroxyl groups excluding tert-OH is 3. The molecule has 3 aliphatic rings. The Bertz CT molecular complexity index is 1380. The van der Waals surface area contributed by atoms with Crippen molar-refractivity contribution in [2.75, 3.05) is 20.2 Å². The number of carbonyl (C=O) groups excluding carboxylic acids is 1. The van der Waals surface area contributed by atoms with E-state index in [1.807, 2.05) is 0 Å². The van der Waals surface area contributed by atoms with Crippen LogP contribution in [-0.2, 0) is 9.53 Å². The van der Waals surface area contributed by atoms with Crippen LogP contribution in [-0.4, -0.2) is 113 Å². The minimum absolute atomic E-state index is 0.160. The predicted octanol–water partition coefficient (Wildman–Crippen LogP) is 3.13. The highest BCUT2D eigenvalue weighted by molar-refractivity contribution is 8.01. The number of rotatable bonds is 9. The lowest BCUT2D eigenvalue weighted by molar-refractivity contribution is -0.179. The number of alkyl halides is 3. The zero-order valence-corrected chi connectivity index (χ0v) is 25.7. The summed E-state index contributed by atoms with van der Waals surface area (Å²) in [6.45, 7) is -1.08. The van der Waals surface area contributed by atoms with Gasteiger partial charge in [0.05, 0.1) is 24.9 Å². The summed E-state index contributed by atoms with van der Waals surface area (Å²) in [5, 5.41) is 50.2. The number of halogens is 6. The van der Waals surface area contributed by atoms with Crippen molar-refractivity contribution in [2.45, 2.75) is 104 Å². The summed E-state index contributed by atoms with van der Waals surface area (Å²) in [7, 11) is 1.34. The minimum atomic E-state index is -3.07. The van der Waals surface area contributed by atoms with Crippen molar-refractivity contribution in [3.8, 4) is 11.3 Å². The summed E-state index contributed by atoms with van der Waals surface area (Å²) >= 11 is 0.595. The van der Waals surface area contributed by atoms with E-state index >= 15 is 4.39 Å². The fourth-order valence-electron chi connectivity index (χ4n) is 6.48. The number of thioether (sulfide) groups is 1. The number of nitrogens with zero attached hydrogens (tertiary/aromatic N) is 4. The second-order valence-electron chi connectivity index (χ2n) is 12.6. The molecule has 4 N–H and O–H groups in total. The van der Waals surface area contributed by atoms with Crippen LogP contribution in [0.3, 0.4) is 0 Å². The van der Waals surface area contributed by atoms with Gasteiger partial charge in [0.2, 0.25) is 11.8 Å². The van der Waals surface area contributed by atoms with Gasteiger partial charge in [0, 0.05) is 25.5 Å². The lowest BCUT2D eigenvalue weighted by atomic mass is 9.80. The summed E-state index contributed by atoms with van der Waals surface area (Å²) in [6.07, 6.45) is -4.30. The first kappa shape index (κ1) is 34.9. The highest BCUT2D eigenvalue weighted by atomic mass is 32.2. The second kappa shape index (κ2) is 13.2. The van der Waals surface area contributed by atoms with E-state index in [1.54, 1.807) is 0 Å². The van der Waals surface area contributed by atoms with Crippen molar-refractivity contribution in [1.82, 2.24) is 19.9 Å². The summed E-state index contributed by atoms with van der Waals surface area (Å²) in [5.41, 5.74) is -5.49. The predicted molar refractivity (Wildman–Crippen MR) is 152 cm³/mol. The molecule has 1 aromatic carbocycles. The standard InChI is InChI=1S/C29H36F6N4O6S/c1-38(14-27(33)4-2-3-5-27)25(43)24(28(44)6-8-29(34,35)9-7-28)46-26-23(42)21(22(41)19(13-40)45-26)39-12-18(36-37-39)15-10-16(30)20(32)17(31)11-15/h10-12,19,21-24,26,40-42,44H,2-9,13-14H2,1H3/t19-,21+,22+,23-,24?,26+/m1/s1. The van der Waals surface area contributed by atoms with E-state index in [2.05, 4.69) is 10.3 Å². The maximum atomic E-state index is 15.4. The van der Waals surface area contributed by atoms with E-state index in [-0.39, 0.29) is 30.6 Å². The summed E-state index contributed by atoms with van der Waals surface area (Å²) in [5.74, 6) is -8.51. The molecule has 2 aromatic rings. The van der Waals surface area contributed by atoms with Gasteiger partial charge >= 0.3 is 0 Å². The molecule has 256 valence electrons. The largest absolute Gasteiger partial charge is 0.394 e. The van der Waals surface area contributed by atoms with Crippen LogP contribution in [0.25, 0.3) is 11.3 Å². The van der Waals surface area contributed by atoms with Gasteiger partial charge in [0.25, 0.3) is 0 Å². The smallest absolute Gasteiger partial charge is 0.248 e. The topological polar surface area (TPSA) is 141 Å². The summed E-state index contributed by atoms with van der Waals surface area (Å²) in [6, 6.07) is -0.0914. The average Bonchev–Trinajstić information content (AvgIpc) is 3.66. The van der Waals surface area contributed by atoms with E-state index in [9.17, 15) is 47.2 Å². The van der Waals surface area contributed by atoms with Gasteiger partial charge in [-0.2, -0.15) is 0 Å². The fourth-order valence-corrected chi connectivity index (χ4v) is 8.06. The Balaban J connectivity index is 1.44. The Hall–Kier alpha value is -2.44. The van der Waals surface area contributed by atoms with Gasteiger partial charge in [-0.15, -0.1) is 16.9 Å². The highest BCUT2D eigenvalue weighted by Gasteiger charge is 2.54. The molecule has 2 heterocycles. The van der Waals surface area contributed by atoms with Crippen LogP contribution in [0.1, 0.15) is 57.4 Å². The third kappa shape index (κ3) is 7.04. The third-order valence-electron chi connectivity index (χ3n) is 9.17. The number of benzene rings is 1. The van der Waals surface area contributed by atoms with E-state index in [1.165, 1.54) is 7.05 Å². The first-order valence-electron chi connectivity index (χ1n) is 15.0. The SMILES string of the molecule is CN(CC1(F)CCCC1)C(=O)C(S[C@@H]1O[C@H](CO)[C@H](O)[C@H](n2cc(-c3cc(F)c(F)c(F)c3)nn2)[C@H]1O)C1(O)CCC(F)(F)CC1. The number of hydrogen-bond donors (Lipinski definition) is 4. The monoisotopic (exact) mass is 682 g/mol. The third-order valence-corrected chi connectivity index (χ3v) is 10.7. The molecule has 1 saturated heterocycles. The van der Waals surface area contributed by atoms with Crippen molar-refractivity contribution < 1.29 is 56.3 Å². The Labute approximate surface area is 264 Å². The lowest BCUT2D eigenvalue weighted by Gasteiger charge is -2.46. The quantitative estimate of drug-likeness (QED) is 0.232. The van der Waals surface area contributed by atoms with Crippen molar-refractivity contribution >= 4 is 17.7 Å². The molecule has 1 unspecified atom stereocenters. The van der Waals surface area contributed by atoms with Gasteiger partial charge in [0.15, 0.2) is 17.5 Å². The molecule has 2 saturated carbocycles. The molecule has 1 amide bonds. The van der Waals surface area contributed by atoms with Crippen molar-refractivity contribution in [2.24, 2.45) is 0 Å². The first-order valence-corrected chi connectivity index (χ1v) is 15.9. The van der Waals surface area contributed by atoms with E-state index in [4.69, 9.17) is 4.74 Å². The van der Waals surface area contributed by atoms with Gasteiger partial charge in [-0.3, -0.25) is 4.79 Å². The van der Waals surface area contributed by atoms with Crippen LogP contribution in [0.4, 0.5) is 26.3 Å². The maximum absolute atomic E-state index is 15.4. The summed E-state index contributed by atoms with van der Waals surface area (Å²) < 4.78 is 91.5. The van der Waals surface area contributed by atoms with Crippen LogP contribution in [0.5, 0.6) is 0 Å². The number of amides is 1. The van der Waals surface area contributed by atoms with Crippen LogP contribution in [0, 0.1) is 17.5 Å². The Kier molecular flexibility index (Phi) is 10.0. The molecule has 5 rings (SSSR count). The molecule has 0 spiro atoms. The van der Waals surface area contributed by atoms with E-state index < -0.39 is 108 Å². The number of aromatic nitrogens is 3.